The Morgan fingerprint density at radius 2 is 2.08 bits per heavy atom. The van der Waals surface area contributed by atoms with E-state index in [4.69, 9.17) is 4.74 Å². The van der Waals surface area contributed by atoms with E-state index in [0.717, 1.165) is 19.1 Å². The fourth-order valence-electron chi connectivity index (χ4n) is 1.69. The lowest BCUT2D eigenvalue weighted by Gasteiger charge is -2.16. The molecule has 0 aromatic heterocycles. The van der Waals surface area contributed by atoms with Crippen molar-refractivity contribution in [2.75, 3.05) is 13.2 Å². The molecule has 0 N–H and O–H groups in total. The summed E-state index contributed by atoms with van der Waals surface area (Å²) in [5.74, 6) is 0.815. The predicted octanol–water partition coefficient (Wildman–Crippen LogP) is 3.16. The first-order chi connectivity index (χ1) is 5.93. The first-order valence-corrected chi connectivity index (χ1v) is 5.16. The topological polar surface area (TPSA) is 9.23 Å². The molecule has 0 heterocycles. The second-order valence-electron chi connectivity index (χ2n) is 3.51. The molecule has 70 valence electrons. The smallest absolute Gasteiger partial charge is 0.0494 e. The van der Waals surface area contributed by atoms with Gasteiger partial charge in [0.1, 0.15) is 0 Å². The molecule has 0 amide bonds. The van der Waals surface area contributed by atoms with Gasteiger partial charge in [0.05, 0.1) is 0 Å². The Morgan fingerprint density at radius 1 is 1.25 bits per heavy atom. The number of allylic oxidation sites excluding steroid dienone is 2. The van der Waals surface area contributed by atoms with Gasteiger partial charge < -0.3 is 4.74 Å². The van der Waals surface area contributed by atoms with Crippen molar-refractivity contribution in [3.8, 4) is 0 Å². The average Bonchev–Trinajstić information content (AvgIpc) is 2.02. The molecule has 0 aliphatic heterocycles. The second kappa shape index (κ2) is 6.24. The van der Waals surface area contributed by atoms with Crippen molar-refractivity contribution in [2.45, 2.75) is 39.0 Å². The Morgan fingerprint density at radius 3 is 2.92 bits per heavy atom. The molecule has 1 heteroatoms. The summed E-state index contributed by atoms with van der Waals surface area (Å²) in [5, 5.41) is 0. The summed E-state index contributed by atoms with van der Waals surface area (Å²) in [4.78, 5) is 0. The summed E-state index contributed by atoms with van der Waals surface area (Å²) in [6.45, 7) is 3.92. The van der Waals surface area contributed by atoms with E-state index in [1.54, 1.807) is 0 Å². The summed E-state index contributed by atoms with van der Waals surface area (Å²) >= 11 is 0. The first-order valence-electron chi connectivity index (χ1n) is 5.16. The Labute approximate surface area is 75.8 Å². The number of hydrogen-bond donors (Lipinski definition) is 0. The maximum atomic E-state index is 5.45. The van der Waals surface area contributed by atoms with E-state index in [9.17, 15) is 0 Å². The molecule has 1 nitrogen and oxygen atoms in total. The van der Waals surface area contributed by atoms with E-state index < -0.39 is 0 Å². The zero-order valence-electron chi connectivity index (χ0n) is 8.09. The van der Waals surface area contributed by atoms with E-state index in [-0.39, 0.29) is 0 Å². The minimum absolute atomic E-state index is 0.815. The molecule has 12 heavy (non-hydrogen) atoms. The van der Waals surface area contributed by atoms with Crippen molar-refractivity contribution in [3.63, 3.8) is 0 Å². The molecule has 0 bridgehead atoms. The van der Waals surface area contributed by atoms with E-state index in [1.807, 2.05) is 0 Å². The monoisotopic (exact) mass is 168 g/mol. The Balaban J connectivity index is 2.18. The average molecular weight is 168 g/mol. The van der Waals surface area contributed by atoms with Crippen LogP contribution in [0, 0.1) is 5.92 Å². The summed E-state index contributed by atoms with van der Waals surface area (Å²) in [6, 6.07) is 0. The van der Waals surface area contributed by atoms with Gasteiger partial charge in [-0.3, -0.25) is 0 Å². The first kappa shape index (κ1) is 9.79. The van der Waals surface area contributed by atoms with Crippen LogP contribution < -0.4 is 0 Å². The van der Waals surface area contributed by atoms with Crippen molar-refractivity contribution in [2.24, 2.45) is 5.92 Å². The number of ether oxygens (including phenoxy) is 1. The zero-order chi connectivity index (χ0) is 8.65. The molecule has 1 unspecified atom stereocenters. The highest BCUT2D eigenvalue weighted by Crippen LogP contribution is 2.18. The molecule has 0 saturated carbocycles. The molecular formula is C11H20O. The summed E-state index contributed by atoms with van der Waals surface area (Å²) in [6.07, 6.45) is 11.2. The van der Waals surface area contributed by atoms with Crippen molar-refractivity contribution in [3.05, 3.63) is 12.2 Å². The van der Waals surface area contributed by atoms with Crippen molar-refractivity contribution < 1.29 is 4.74 Å². The number of rotatable bonds is 3. The maximum Gasteiger partial charge on any atom is 0.0494 e. The molecule has 1 aliphatic rings. The second-order valence-corrected chi connectivity index (χ2v) is 3.51. The highest BCUT2D eigenvalue weighted by molar-refractivity contribution is 4.84. The van der Waals surface area contributed by atoms with E-state index in [0.29, 0.717) is 0 Å². The maximum absolute atomic E-state index is 5.45. The summed E-state index contributed by atoms with van der Waals surface area (Å²) in [7, 11) is 0. The zero-order valence-corrected chi connectivity index (χ0v) is 8.09. The highest BCUT2D eigenvalue weighted by Gasteiger charge is 2.08. The molecule has 0 aromatic rings. The van der Waals surface area contributed by atoms with Crippen molar-refractivity contribution >= 4 is 0 Å². The minimum Gasteiger partial charge on any atom is -0.381 e. The molecule has 1 aliphatic carbocycles. The Bertz CT molecular complexity index is 129. The van der Waals surface area contributed by atoms with Crippen LogP contribution in [0.5, 0.6) is 0 Å². The van der Waals surface area contributed by atoms with Crippen LogP contribution in [-0.2, 0) is 4.74 Å². The van der Waals surface area contributed by atoms with E-state index in [2.05, 4.69) is 19.1 Å². The normalized spacial score (nSPS) is 27.6. The van der Waals surface area contributed by atoms with Crippen LogP contribution >= 0.6 is 0 Å². The Hall–Kier alpha value is -0.300. The fourth-order valence-corrected chi connectivity index (χ4v) is 1.69. The quantitative estimate of drug-likeness (QED) is 0.588. The molecular weight excluding hydrogens is 148 g/mol. The highest BCUT2D eigenvalue weighted by atomic mass is 16.5. The SMILES string of the molecule is CCOCC1CC/C=C\CCC1. The van der Waals surface area contributed by atoms with Gasteiger partial charge in [-0.25, -0.2) is 0 Å². The van der Waals surface area contributed by atoms with Crippen LogP contribution in [0.2, 0.25) is 0 Å². The Kier molecular flexibility index (Phi) is 5.09. The van der Waals surface area contributed by atoms with Crippen LogP contribution in [0.25, 0.3) is 0 Å². The van der Waals surface area contributed by atoms with Gasteiger partial charge in [-0.2, -0.15) is 0 Å². The van der Waals surface area contributed by atoms with Gasteiger partial charge in [0, 0.05) is 13.2 Å². The van der Waals surface area contributed by atoms with Crippen LogP contribution in [0.4, 0.5) is 0 Å². The third-order valence-electron chi connectivity index (χ3n) is 2.45. The number of hydrogen-bond acceptors (Lipinski definition) is 1. The minimum atomic E-state index is 0.815. The van der Waals surface area contributed by atoms with Gasteiger partial charge in [-0.15, -0.1) is 0 Å². The van der Waals surface area contributed by atoms with Gasteiger partial charge in [0.2, 0.25) is 0 Å². The van der Waals surface area contributed by atoms with Crippen molar-refractivity contribution in [1.29, 1.82) is 0 Å². The van der Waals surface area contributed by atoms with Crippen LogP contribution in [-0.4, -0.2) is 13.2 Å². The third-order valence-corrected chi connectivity index (χ3v) is 2.45. The lowest BCUT2D eigenvalue weighted by Crippen LogP contribution is -2.10. The molecule has 1 rings (SSSR count). The van der Waals surface area contributed by atoms with Gasteiger partial charge in [-0.1, -0.05) is 12.2 Å². The molecule has 0 saturated heterocycles. The van der Waals surface area contributed by atoms with Crippen LogP contribution in [0.15, 0.2) is 12.2 Å². The van der Waals surface area contributed by atoms with E-state index in [1.165, 1.54) is 32.1 Å². The van der Waals surface area contributed by atoms with Gasteiger partial charge in [-0.05, 0) is 44.9 Å². The lowest BCUT2D eigenvalue weighted by atomic mass is 9.95. The van der Waals surface area contributed by atoms with E-state index >= 15 is 0 Å². The van der Waals surface area contributed by atoms with Crippen molar-refractivity contribution in [1.82, 2.24) is 0 Å². The van der Waals surface area contributed by atoms with Gasteiger partial charge in [0.15, 0.2) is 0 Å². The molecule has 0 spiro atoms. The summed E-state index contributed by atoms with van der Waals surface area (Å²) < 4.78 is 5.45. The molecule has 1 atom stereocenters. The van der Waals surface area contributed by atoms with Gasteiger partial charge in [0.25, 0.3) is 0 Å². The summed E-state index contributed by atoms with van der Waals surface area (Å²) in [5.41, 5.74) is 0. The van der Waals surface area contributed by atoms with Gasteiger partial charge >= 0.3 is 0 Å². The van der Waals surface area contributed by atoms with Crippen LogP contribution in [0.1, 0.15) is 39.0 Å². The standard InChI is InChI=1S/C11H20O/c1-2-12-10-11-8-6-4-3-5-7-9-11/h3-4,11H,2,5-10H2,1H3/b4-3-. The van der Waals surface area contributed by atoms with Crippen LogP contribution in [0.3, 0.4) is 0 Å². The largest absolute Gasteiger partial charge is 0.381 e. The predicted molar refractivity (Wildman–Crippen MR) is 52.2 cm³/mol. The molecule has 0 fully saturated rings. The third kappa shape index (κ3) is 3.91. The lowest BCUT2D eigenvalue weighted by molar-refractivity contribution is 0.103. The fraction of sp³-hybridized carbons (Fsp3) is 0.818. The molecule has 0 aromatic carbocycles. The molecule has 0 radical (unpaired) electrons.